The van der Waals surface area contributed by atoms with E-state index in [0.717, 1.165) is 11.1 Å². The minimum atomic E-state index is -0.280. The van der Waals surface area contributed by atoms with E-state index in [-0.39, 0.29) is 24.4 Å². The van der Waals surface area contributed by atoms with Crippen LogP contribution in [0.1, 0.15) is 36.6 Å². The Hall–Kier alpha value is -2.20. The first kappa shape index (κ1) is 14.2. The second-order valence-corrected chi connectivity index (χ2v) is 4.80. The van der Waals surface area contributed by atoms with Crippen LogP contribution in [-0.4, -0.2) is 10.9 Å². The Balaban J connectivity index is 1.90. The summed E-state index contributed by atoms with van der Waals surface area (Å²) in [4.78, 5) is 16.0. The summed E-state index contributed by atoms with van der Waals surface area (Å²) in [7, 11) is 0. The molecule has 2 rings (SSSR count). The van der Waals surface area contributed by atoms with Gasteiger partial charge in [0.05, 0.1) is 6.04 Å². The molecule has 2 aromatic rings. The van der Waals surface area contributed by atoms with Crippen molar-refractivity contribution in [2.45, 2.75) is 25.4 Å². The van der Waals surface area contributed by atoms with Crippen molar-refractivity contribution in [2.24, 2.45) is 5.73 Å². The van der Waals surface area contributed by atoms with Gasteiger partial charge in [0.15, 0.2) is 0 Å². The number of carbonyl (C=O) groups excluding carboxylic acids is 1. The molecule has 1 heterocycles. The van der Waals surface area contributed by atoms with Gasteiger partial charge in [0.1, 0.15) is 0 Å². The van der Waals surface area contributed by atoms with E-state index in [9.17, 15) is 4.79 Å². The van der Waals surface area contributed by atoms with Crippen LogP contribution in [0.3, 0.4) is 0 Å². The minimum Gasteiger partial charge on any atom is -0.349 e. The van der Waals surface area contributed by atoms with E-state index in [1.165, 1.54) is 0 Å². The zero-order valence-electron chi connectivity index (χ0n) is 11.5. The Labute approximate surface area is 119 Å². The lowest BCUT2D eigenvalue weighted by Crippen LogP contribution is -2.29. The largest absolute Gasteiger partial charge is 0.349 e. The molecular formula is C16H19N3O. The third-order valence-electron chi connectivity index (χ3n) is 3.19. The van der Waals surface area contributed by atoms with Crippen molar-refractivity contribution in [3.05, 3.63) is 66.0 Å². The molecule has 3 N–H and O–H groups in total. The van der Waals surface area contributed by atoms with Crippen LogP contribution in [0.4, 0.5) is 0 Å². The number of carbonyl (C=O) groups is 1. The molecule has 0 aliphatic carbocycles. The molecule has 0 aliphatic heterocycles. The Bertz CT molecular complexity index is 493. The normalized spacial score (nSPS) is 13.5. The van der Waals surface area contributed by atoms with Crippen molar-refractivity contribution in [1.29, 1.82) is 0 Å². The summed E-state index contributed by atoms with van der Waals surface area (Å²) in [6.07, 6.45) is 3.74. The summed E-state index contributed by atoms with van der Waals surface area (Å²) in [6.45, 7) is 1.93. The summed E-state index contributed by atoms with van der Waals surface area (Å²) in [5.74, 6) is -0.0577. The number of aromatic nitrogens is 1. The van der Waals surface area contributed by atoms with Crippen LogP contribution < -0.4 is 11.1 Å². The monoisotopic (exact) mass is 269 g/mol. The smallest absolute Gasteiger partial charge is 0.222 e. The zero-order chi connectivity index (χ0) is 14.4. The molecule has 0 saturated heterocycles. The Morgan fingerprint density at radius 1 is 1.20 bits per heavy atom. The van der Waals surface area contributed by atoms with E-state index >= 15 is 0 Å². The standard InChI is InChI=1S/C16H19N3O/c1-12(14-8-5-9-18-11-14)19-16(20)10-15(17)13-6-3-2-4-7-13/h2-9,11-12,15H,10,17H2,1H3,(H,19,20). The van der Waals surface area contributed by atoms with Crippen LogP contribution in [0, 0.1) is 0 Å². The molecule has 1 aromatic carbocycles. The fourth-order valence-electron chi connectivity index (χ4n) is 2.03. The fourth-order valence-corrected chi connectivity index (χ4v) is 2.03. The molecule has 2 unspecified atom stereocenters. The maximum absolute atomic E-state index is 12.0. The van der Waals surface area contributed by atoms with Crippen LogP contribution >= 0.6 is 0 Å². The molecule has 0 aliphatic rings. The van der Waals surface area contributed by atoms with E-state index < -0.39 is 0 Å². The topological polar surface area (TPSA) is 68.0 Å². The molecule has 0 saturated carbocycles. The molecule has 1 aromatic heterocycles. The predicted molar refractivity (Wildman–Crippen MR) is 78.8 cm³/mol. The number of amides is 1. The SMILES string of the molecule is CC(NC(=O)CC(N)c1ccccc1)c1cccnc1. The summed E-state index contributed by atoms with van der Waals surface area (Å²) in [5.41, 5.74) is 7.99. The van der Waals surface area contributed by atoms with Gasteiger partial charge >= 0.3 is 0 Å². The van der Waals surface area contributed by atoms with Crippen LogP contribution in [0.25, 0.3) is 0 Å². The zero-order valence-corrected chi connectivity index (χ0v) is 11.5. The summed E-state index contributed by atoms with van der Waals surface area (Å²) >= 11 is 0. The van der Waals surface area contributed by atoms with Crippen molar-refractivity contribution in [3.8, 4) is 0 Å². The Morgan fingerprint density at radius 3 is 2.55 bits per heavy atom. The lowest BCUT2D eigenvalue weighted by Gasteiger charge is -2.16. The van der Waals surface area contributed by atoms with Gasteiger partial charge in [-0.25, -0.2) is 0 Å². The van der Waals surface area contributed by atoms with Crippen LogP contribution in [0.5, 0.6) is 0 Å². The highest BCUT2D eigenvalue weighted by Gasteiger charge is 2.14. The maximum atomic E-state index is 12.0. The highest BCUT2D eigenvalue weighted by atomic mass is 16.1. The number of nitrogens with two attached hydrogens (primary N) is 1. The number of hydrogen-bond acceptors (Lipinski definition) is 3. The number of nitrogens with one attached hydrogen (secondary N) is 1. The average molecular weight is 269 g/mol. The summed E-state index contributed by atoms with van der Waals surface area (Å²) in [5, 5.41) is 2.94. The van der Waals surface area contributed by atoms with Gasteiger partial charge < -0.3 is 11.1 Å². The summed E-state index contributed by atoms with van der Waals surface area (Å²) in [6, 6.07) is 13.1. The second kappa shape index (κ2) is 6.82. The number of rotatable bonds is 5. The molecule has 0 bridgehead atoms. The van der Waals surface area contributed by atoms with Crippen LogP contribution in [0.15, 0.2) is 54.9 Å². The van der Waals surface area contributed by atoms with E-state index in [0.29, 0.717) is 0 Å². The predicted octanol–water partition coefficient (Wildman–Crippen LogP) is 2.35. The first-order valence-electron chi connectivity index (χ1n) is 6.66. The molecule has 1 amide bonds. The van der Waals surface area contributed by atoms with E-state index in [2.05, 4.69) is 10.3 Å². The van der Waals surface area contributed by atoms with Gasteiger partial charge in [-0.1, -0.05) is 36.4 Å². The number of pyridine rings is 1. The molecule has 4 heteroatoms. The van der Waals surface area contributed by atoms with Crippen molar-refractivity contribution < 1.29 is 4.79 Å². The van der Waals surface area contributed by atoms with Crippen LogP contribution in [0.2, 0.25) is 0 Å². The van der Waals surface area contributed by atoms with Crippen molar-refractivity contribution >= 4 is 5.91 Å². The second-order valence-electron chi connectivity index (χ2n) is 4.80. The van der Waals surface area contributed by atoms with Gasteiger partial charge in [0.25, 0.3) is 0 Å². The average Bonchev–Trinajstić information content (AvgIpc) is 2.49. The quantitative estimate of drug-likeness (QED) is 0.875. The molecule has 4 nitrogen and oxygen atoms in total. The molecule has 104 valence electrons. The third-order valence-corrected chi connectivity index (χ3v) is 3.19. The minimum absolute atomic E-state index is 0.0577. The van der Waals surface area contributed by atoms with E-state index in [1.807, 2.05) is 49.4 Å². The lowest BCUT2D eigenvalue weighted by molar-refractivity contribution is -0.122. The van der Waals surface area contributed by atoms with E-state index in [4.69, 9.17) is 5.73 Å². The highest BCUT2D eigenvalue weighted by Crippen LogP contribution is 2.15. The molecule has 2 atom stereocenters. The molecular weight excluding hydrogens is 250 g/mol. The lowest BCUT2D eigenvalue weighted by atomic mass is 10.0. The number of benzene rings is 1. The summed E-state index contributed by atoms with van der Waals surface area (Å²) < 4.78 is 0. The fraction of sp³-hybridized carbons (Fsp3) is 0.250. The Morgan fingerprint density at radius 2 is 1.90 bits per heavy atom. The van der Waals surface area contributed by atoms with E-state index in [1.54, 1.807) is 12.4 Å². The Kier molecular flexibility index (Phi) is 4.85. The van der Waals surface area contributed by atoms with Crippen molar-refractivity contribution in [2.75, 3.05) is 0 Å². The first-order valence-corrected chi connectivity index (χ1v) is 6.66. The van der Waals surface area contributed by atoms with Crippen molar-refractivity contribution in [3.63, 3.8) is 0 Å². The highest BCUT2D eigenvalue weighted by molar-refractivity contribution is 5.77. The third kappa shape index (κ3) is 3.90. The van der Waals surface area contributed by atoms with Gasteiger partial charge in [-0.3, -0.25) is 9.78 Å². The van der Waals surface area contributed by atoms with Crippen molar-refractivity contribution in [1.82, 2.24) is 10.3 Å². The van der Waals surface area contributed by atoms with Gasteiger partial charge in [0, 0.05) is 24.9 Å². The molecule has 0 radical (unpaired) electrons. The van der Waals surface area contributed by atoms with Gasteiger partial charge in [-0.05, 0) is 24.1 Å². The number of hydrogen-bond donors (Lipinski definition) is 2. The molecule has 0 spiro atoms. The first-order chi connectivity index (χ1) is 9.66. The molecule has 0 fully saturated rings. The van der Waals surface area contributed by atoms with Gasteiger partial charge in [-0.15, -0.1) is 0 Å². The maximum Gasteiger partial charge on any atom is 0.222 e. The molecule has 20 heavy (non-hydrogen) atoms. The van der Waals surface area contributed by atoms with Gasteiger partial charge in [-0.2, -0.15) is 0 Å². The van der Waals surface area contributed by atoms with Crippen LogP contribution in [-0.2, 0) is 4.79 Å². The van der Waals surface area contributed by atoms with Gasteiger partial charge in [0.2, 0.25) is 5.91 Å². The number of nitrogens with zero attached hydrogens (tertiary/aromatic N) is 1.